The molecule has 1 heterocycles. The van der Waals surface area contributed by atoms with E-state index in [0.717, 1.165) is 3.57 Å². The molecular formula is C14H18INO4S. The van der Waals surface area contributed by atoms with Crippen molar-refractivity contribution in [1.82, 2.24) is 4.90 Å². The number of nitrogens with zero attached hydrogens (tertiary/aromatic N) is 1. The molecule has 21 heavy (non-hydrogen) atoms. The molecule has 0 aliphatic carbocycles. The summed E-state index contributed by atoms with van der Waals surface area (Å²) in [5, 5.41) is 0. The van der Waals surface area contributed by atoms with Crippen LogP contribution in [-0.2, 0) is 14.6 Å². The summed E-state index contributed by atoms with van der Waals surface area (Å²) in [5.41, 5.74) is 0. The highest BCUT2D eigenvalue weighted by molar-refractivity contribution is 14.1. The Hall–Kier alpha value is -0.830. The third-order valence-corrected chi connectivity index (χ3v) is 6.05. The average molecular weight is 423 g/mol. The van der Waals surface area contributed by atoms with E-state index in [1.807, 2.05) is 24.3 Å². The Morgan fingerprint density at radius 3 is 2.52 bits per heavy atom. The topological polar surface area (TPSA) is 63.7 Å². The lowest BCUT2D eigenvalue weighted by Gasteiger charge is -2.26. The molecule has 2 rings (SSSR count). The first-order chi connectivity index (χ1) is 9.78. The molecule has 0 saturated carbocycles. The maximum Gasteiger partial charge on any atom is 0.263 e. The van der Waals surface area contributed by atoms with E-state index >= 15 is 0 Å². The second-order valence-corrected chi connectivity index (χ2v) is 8.69. The van der Waals surface area contributed by atoms with Crippen molar-refractivity contribution in [3.05, 3.63) is 27.8 Å². The number of rotatable bonds is 4. The van der Waals surface area contributed by atoms with Crippen LogP contribution in [0.15, 0.2) is 24.3 Å². The normalized spacial score (nSPS) is 21.8. The number of carbonyl (C=O) groups excluding carboxylic acids is 1. The zero-order valence-corrected chi connectivity index (χ0v) is 14.9. The standard InChI is InChI=1S/C14H18INO4S/c1-10(20-13-5-3-11(15)4-6-13)14(17)16(2)12-7-8-21(18,19)9-12/h3-6,10,12H,7-9H2,1-2H3. The number of benzene rings is 1. The highest BCUT2D eigenvalue weighted by Gasteiger charge is 2.34. The van der Waals surface area contributed by atoms with Crippen LogP contribution in [0.1, 0.15) is 13.3 Å². The predicted molar refractivity (Wildman–Crippen MR) is 89.1 cm³/mol. The Balaban J connectivity index is 1.97. The van der Waals surface area contributed by atoms with E-state index in [9.17, 15) is 13.2 Å². The van der Waals surface area contributed by atoms with Gasteiger partial charge in [0.15, 0.2) is 15.9 Å². The Kier molecular flexibility index (Phi) is 5.13. The molecule has 7 heteroatoms. The molecule has 1 amide bonds. The van der Waals surface area contributed by atoms with Gasteiger partial charge in [0.2, 0.25) is 0 Å². The molecule has 1 aromatic rings. The molecule has 116 valence electrons. The lowest BCUT2D eigenvalue weighted by molar-refractivity contribution is -0.138. The van der Waals surface area contributed by atoms with E-state index in [0.29, 0.717) is 12.2 Å². The first kappa shape index (κ1) is 16.5. The van der Waals surface area contributed by atoms with Gasteiger partial charge in [-0.05, 0) is 60.2 Å². The molecule has 2 atom stereocenters. The van der Waals surface area contributed by atoms with Crippen LogP contribution < -0.4 is 4.74 Å². The van der Waals surface area contributed by atoms with Crippen LogP contribution in [0.25, 0.3) is 0 Å². The van der Waals surface area contributed by atoms with Crippen molar-refractivity contribution >= 4 is 38.3 Å². The van der Waals surface area contributed by atoms with Gasteiger partial charge in [-0.15, -0.1) is 0 Å². The minimum atomic E-state index is -3.00. The van der Waals surface area contributed by atoms with Crippen molar-refractivity contribution in [2.24, 2.45) is 0 Å². The molecule has 0 aromatic heterocycles. The van der Waals surface area contributed by atoms with Crippen LogP contribution in [0.3, 0.4) is 0 Å². The third-order valence-electron chi connectivity index (χ3n) is 3.58. The van der Waals surface area contributed by atoms with Crippen LogP contribution in [-0.4, -0.2) is 49.9 Å². The van der Waals surface area contributed by atoms with Crippen molar-refractivity contribution in [3.8, 4) is 5.75 Å². The van der Waals surface area contributed by atoms with Crippen molar-refractivity contribution < 1.29 is 17.9 Å². The first-order valence-electron chi connectivity index (χ1n) is 6.68. The third kappa shape index (κ3) is 4.32. The SMILES string of the molecule is CC(Oc1ccc(I)cc1)C(=O)N(C)C1CCS(=O)(=O)C1. The molecule has 1 aliphatic rings. The number of halogens is 1. The molecule has 1 aromatic carbocycles. The molecule has 2 unspecified atom stereocenters. The summed E-state index contributed by atoms with van der Waals surface area (Å²) < 4.78 is 29.7. The fourth-order valence-corrected chi connectivity index (χ4v) is 4.45. The fraction of sp³-hybridized carbons (Fsp3) is 0.500. The van der Waals surface area contributed by atoms with Gasteiger partial charge in [0.25, 0.3) is 5.91 Å². The number of hydrogen-bond donors (Lipinski definition) is 0. The van der Waals surface area contributed by atoms with Crippen LogP contribution >= 0.6 is 22.6 Å². The first-order valence-corrected chi connectivity index (χ1v) is 9.58. The molecule has 1 aliphatic heterocycles. The number of likely N-dealkylation sites (N-methyl/N-ethyl adjacent to an activating group) is 1. The van der Waals surface area contributed by atoms with Crippen LogP contribution in [0.2, 0.25) is 0 Å². The van der Waals surface area contributed by atoms with Crippen molar-refractivity contribution in [3.63, 3.8) is 0 Å². The largest absolute Gasteiger partial charge is 0.481 e. The second-order valence-electron chi connectivity index (χ2n) is 5.22. The van der Waals surface area contributed by atoms with Crippen molar-refractivity contribution in [2.75, 3.05) is 18.6 Å². The molecule has 5 nitrogen and oxygen atoms in total. The highest BCUT2D eigenvalue weighted by Crippen LogP contribution is 2.19. The summed E-state index contributed by atoms with van der Waals surface area (Å²) in [6.45, 7) is 1.68. The highest BCUT2D eigenvalue weighted by atomic mass is 127. The molecule has 0 bridgehead atoms. The minimum absolute atomic E-state index is 0.0471. The van der Waals surface area contributed by atoms with Gasteiger partial charge in [-0.1, -0.05) is 0 Å². The van der Waals surface area contributed by atoms with E-state index in [-0.39, 0.29) is 23.5 Å². The number of hydrogen-bond acceptors (Lipinski definition) is 4. The Bertz CT molecular complexity index is 614. The molecular weight excluding hydrogens is 405 g/mol. The summed E-state index contributed by atoms with van der Waals surface area (Å²) in [6, 6.07) is 7.18. The number of amides is 1. The summed E-state index contributed by atoms with van der Waals surface area (Å²) in [4.78, 5) is 13.8. The van der Waals surface area contributed by atoms with Gasteiger partial charge >= 0.3 is 0 Å². The number of sulfone groups is 1. The summed E-state index contributed by atoms with van der Waals surface area (Å²) in [6.07, 6.45) is -0.140. The molecule has 1 saturated heterocycles. The monoisotopic (exact) mass is 423 g/mol. The molecule has 0 radical (unpaired) electrons. The van der Waals surface area contributed by atoms with E-state index in [4.69, 9.17) is 4.74 Å². The van der Waals surface area contributed by atoms with Gasteiger partial charge in [0.05, 0.1) is 11.5 Å². The predicted octanol–water partition coefficient (Wildman–Crippen LogP) is 1.70. The zero-order valence-electron chi connectivity index (χ0n) is 12.0. The van der Waals surface area contributed by atoms with Crippen LogP contribution in [0.4, 0.5) is 0 Å². The van der Waals surface area contributed by atoms with Crippen LogP contribution in [0.5, 0.6) is 5.75 Å². The summed E-state index contributed by atoms with van der Waals surface area (Å²) in [7, 11) is -1.36. The maximum absolute atomic E-state index is 12.3. The average Bonchev–Trinajstić information content (AvgIpc) is 2.80. The molecule has 1 fully saturated rings. The van der Waals surface area contributed by atoms with E-state index < -0.39 is 15.9 Å². The van der Waals surface area contributed by atoms with Crippen molar-refractivity contribution in [2.45, 2.75) is 25.5 Å². The summed E-state index contributed by atoms with van der Waals surface area (Å²) in [5.74, 6) is 0.631. The van der Waals surface area contributed by atoms with Crippen molar-refractivity contribution in [1.29, 1.82) is 0 Å². The smallest absolute Gasteiger partial charge is 0.263 e. The maximum atomic E-state index is 12.3. The lowest BCUT2D eigenvalue weighted by atomic mass is 10.2. The van der Waals surface area contributed by atoms with Gasteiger partial charge in [-0.25, -0.2) is 8.42 Å². The molecule has 0 spiro atoms. The molecule has 0 N–H and O–H groups in total. The second kappa shape index (κ2) is 6.51. The number of ether oxygens (including phenoxy) is 1. The summed E-state index contributed by atoms with van der Waals surface area (Å²) >= 11 is 2.20. The minimum Gasteiger partial charge on any atom is -0.481 e. The van der Waals surface area contributed by atoms with Crippen LogP contribution in [0, 0.1) is 3.57 Å². The Morgan fingerprint density at radius 2 is 2.00 bits per heavy atom. The van der Waals surface area contributed by atoms with Gasteiger partial charge in [0.1, 0.15) is 5.75 Å². The van der Waals surface area contributed by atoms with Gasteiger partial charge in [-0.3, -0.25) is 4.79 Å². The quantitative estimate of drug-likeness (QED) is 0.692. The van der Waals surface area contributed by atoms with Gasteiger partial charge in [0, 0.05) is 16.7 Å². The number of carbonyl (C=O) groups is 1. The van der Waals surface area contributed by atoms with E-state index in [1.165, 1.54) is 4.90 Å². The van der Waals surface area contributed by atoms with Gasteiger partial charge in [-0.2, -0.15) is 0 Å². The van der Waals surface area contributed by atoms with E-state index in [1.54, 1.807) is 14.0 Å². The lowest BCUT2D eigenvalue weighted by Crippen LogP contribution is -2.44. The van der Waals surface area contributed by atoms with E-state index in [2.05, 4.69) is 22.6 Å². The van der Waals surface area contributed by atoms with Gasteiger partial charge < -0.3 is 9.64 Å². The Labute approximate surface area is 138 Å². The Morgan fingerprint density at radius 1 is 1.38 bits per heavy atom. The fourth-order valence-electron chi connectivity index (χ4n) is 2.32. The zero-order chi connectivity index (χ0) is 15.6.